The van der Waals surface area contributed by atoms with Gasteiger partial charge in [0.15, 0.2) is 6.10 Å². The second kappa shape index (κ2) is 35.5. The largest absolute Gasteiger partial charge is 0.544 e. The van der Waals surface area contributed by atoms with Crippen molar-refractivity contribution >= 4 is 17.9 Å². The van der Waals surface area contributed by atoms with Gasteiger partial charge in [-0.1, -0.05) is 144 Å². The summed E-state index contributed by atoms with van der Waals surface area (Å²) in [4.78, 5) is 36.7. The van der Waals surface area contributed by atoms with Crippen LogP contribution in [-0.4, -0.2) is 75.5 Å². The predicted molar refractivity (Wildman–Crippen MR) is 217 cm³/mol. The van der Waals surface area contributed by atoms with Gasteiger partial charge < -0.3 is 28.6 Å². The van der Waals surface area contributed by atoms with Crippen molar-refractivity contribution in [2.45, 2.75) is 142 Å². The molecule has 0 aliphatic carbocycles. The molecule has 0 aliphatic heterocycles. The number of hydrogen-bond donors (Lipinski definition) is 0. The molecule has 0 rings (SSSR count). The van der Waals surface area contributed by atoms with E-state index in [1.165, 1.54) is 19.3 Å². The number of hydrogen-bond acceptors (Lipinski definition) is 7. The SMILES string of the molecule is CCC/C=C/C=C/C=C/C=C/C=C/CCCCCCCC(=O)OC(COCCC(C(=O)[O-])[N+](C)(C)C)COC(=O)CCCCC/C=C/C=C/CCCC. The van der Waals surface area contributed by atoms with Gasteiger partial charge in [0.25, 0.3) is 0 Å². The molecule has 0 aliphatic rings. The van der Waals surface area contributed by atoms with Crippen molar-refractivity contribution in [1.82, 2.24) is 0 Å². The summed E-state index contributed by atoms with van der Waals surface area (Å²) < 4.78 is 17.0. The highest BCUT2D eigenvalue weighted by atomic mass is 16.6. The summed E-state index contributed by atoms with van der Waals surface area (Å²) in [5.74, 6) is -1.82. The van der Waals surface area contributed by atoms with Crippen LogP contribution in [0.5, 0.6) is 0 Å². The first-order valence-electron chi connectivity index (χ1n) is 20.2. The van der Waals surface area contributed by atoms with Crippen LogP contribution in [0.2, 0.25) is 0 Å². The third-order valence-corrected chi connectivity index (χ3v) is 8.39. The Hall–Kier alpha value is -3.49. The minimum absolute atomic E-state index is 0.0158. The van der Waals surface area contributed by atoms with Gasteiger partial charge in [-0.2, -0.15) is 0 Å². The van der Waals surface area contributed by atoms with E-state index in [2.05, 4.69) is 62.5 Å². The van der Waals surface area contributed by atoms with Gasteiger partial charge in [0.1, 0.15) is 12.6 Å². The molecule has 53 heavy (non-hydrogen) atoms. The van der Waals surface area contributed by atoms with E-state index >= 15 is 0 Å². The molecule has 0 saturated carbocycles. The number of allylic oxidation sites excluding steroid dienone is 14. The Morgan fingerprint density at radius 2 is 1.04 bits per heavy atom. The molecular weight excluding hydrogens is 666 g/mol. The Bertz CT molecular complexity index is 1140. The van der Waals surface area contributed by atoms with Gasteiger partial charge >= 0.3 is 11.9 Å². The summed E-state index contributed by atoms with van der Waals surface area (Å²) in [6.07, 6.45) is 44.6. The molecule has 2 atom stereocenters. The van der Waals surface area contributed by atoms with E-state index in [0.29, 0.717) is 6.42 Å². The molecular formula is C45H73NO7. The quantitative estimate of drug-likeness (QED) is 0.0281. The van der Waals surface area contributed by atoms with Crippen LogP contribution in [0.1, 0.15) is 129 Å². The number of nitrogens with zero attached hydrogens (tertiary/aromatic N) is 1. The number of carbonyl (C=O) groups excluding carboxylic acids is 3. The van der Waals surface area contributed by atoms with Crippen molar-refractivity contribution in [3.05, 3.63) is 85.1 Å². The van der Waals surface area contributed by atoms with Gasteiger partial charge in [0.05, 0.1) is 40.3 Å². The summed E-state index contributed by atoms with van der Waals surface area (Å²) in [5.41, 5.74) is 0. The number of aliphatic carboxylic acids is 1. The number of carboxylic acid groups (broad SMARTS) is 1. The standard InChI is InChI=1S/C45H73NO7/c1-6-8-10-12-14-16-18-19-20-21-22-23-24-26-28-30-32-34-36-44(48)53-41(39-51-38-37-42(45(49)50)46(3,4)5)40-52-43(47)35-33-31-29-27-25-17-15-13-11-9-7-2/h10,12-23,25,41-42H,6-9,11,24,26-40H2,1-5H3/b12-10+,15-13+,16-14+,19-18+,21-20+,23-22+,25-17+. The van der Waals surface area contributed by atoms with E-state index in [1.807, 2.05) is 36.5 Å². The van der Waals surface area contributed by atoms with Crippen LogP contribution in [0.3, 0.4) is 0 Å². The first-order chi connectivity index (χ1) is 25.6. The van der Waals surface area contributed by atoms with Crippen LogP contribution < -0.4 is 5.11 Å². The summed E-state index contributed by atoms with van der Waals surface area (Å²) in [6, 6.07) is -0.738. The van der Waals surface area contributed by atoms with Crippen LogP contribution in [0.4, 0.5) is 0 Å². The number of quaternary nitrogens is 1. The third kappa shape index (κ3) is 34.1. The molecule has 2 unspecified atom stereocenters. The fourth-order valence-corrected chi connectivity index (χ4v) is 5.19. The van der Waals surface area contributed by atoms with Gasteiger partial charge in [0.2, 0.25) is 0 Å². The van der Waals surface area contributed by atoms with E-state index in [-0.39, 0.29) is 49.1 Å². The molecule has 0 bridgehead atoms. The van der Waals surface area contributed by atoms with Crippen LogP contribution in [-0.2, 0) is 28.6 Å². The highest BCUT2D eigenvalue weighted by Gasteiger charge is 2.25. The van der Waals surface area contributed by atoms with Crippen molar-refractivity contribution in [3.63, 3.8) is 0 Å². The van der Waals surface area contributed by atoms with E-state index in [1.54, 1.807) is 21.1 Å². The third-order valence-electron chi connectivity index (χ3n) is 8.39. The summed E-state index contributed by atoms with van der Waals surface area (Å²) in [6.45, 7) is 4.43. The number of esters is 2. The van der Waals surface area contributed by atoms with Crippen LogP contribution in [0.15, 0.2) is 85.1 Å². The monoisotopic (exact) mass is 740 g/mol. The molecule has 0 heterocycles. The predicted octanol–water partition coefficient (Wildman–Crippen LogP) is 9.24. The fourth-order valence-electron chi connectivity index (χ4n) is 5.19. The topological polar surface area (TPSA) is 102 Å². The molecule has 0 N–H and O–H groups in total. The second-order valence-corrected chi connectivity index (χ2v) is 14.3. The Kier molecular flexibility index (Phi) is 33.2. The van der Waals surface area contributed by atoms with Gasteiger partial charge in [-0.15, -0.1) is 0 Å². The van der Waals surface area contributed by atoms with Crippen molar-refractivity contribution in [2.24, 2.45) is 0 Å². The molecule has 0 spiro atoms. The molecule has 0 aromatic rings. The van der Waals surface area contributed by atoms with Crippen molar-refractivity contribution < 1.29 is 38.2 Å². The number of carboxylic acids is 1. The lowest BCUT2D eigenvalue weighted by Crippen LogP contribution is -2.55. The molecule has 0 aromatic heterocycles. The number of rotatable bonds is 34. The number of unbranched alkanes of at least 4 members (excludes halogenated alkanes) is 11. The Labute approximate surface area is 323 Å². The first kappa shape index (κ1) is 49.5. The fraction of sp³-hybridized carbons (Fsp3) is 0.622. The summed E-state index contributed by atoms with van der Waals surface area (Å²) in [7, 11) is 5.37. The molecule has 0 saturated heterocycles. The summed E-state index contributed by atoms with van der Waals surface area (Å²) >= 11 is 0. The van der Waals surface area contributed by atoms with E-state index in [0.717, 1.165) is 77.0 Å². The van der Waals surface area contributed by atoms with Crippen molar-refractivity contribution in [1.29, 1.82) is 0 Å². The highest BCUT2D eigenvalue weighted by molar-refractivity contribution is 5.70. The molecule has 0 fully saturated rings. The average Bonchev–Trinajstić information content (AvgIpc) is 3.11. The summed E-state index contributed by atoms with van der Waals surface area (Å²) in [5, 5.41) is 11.6. The first-order valence-corrected chi connectivity index (χ1v) is 20.2. The van der Waals surface area contributed by atoms with E-state index in [9.17, 15) is 19.5 Å². The minimum atomic E-state index is -1.14. The van der Waals surface area contributed by atoms with Crippen LogP contribution >= 0.6 is 0 Å². The highest BCUT2D eigenvalue weighted by Crippen LogP contribution is 2.12. The number of carbonyl (C=O) groups is 3. The second-order valence-electron chi connectivity index (χ2n) is 14.3. The number of likely N-dealkylation sites (N-methyl/N-ethyl adjacent to an activating group) is 1. The molecule has 300 valence electrons. The van der Waals surface area contributed by atoms with Crippen LogP contribution in [0, 0.1) is 0 Å². The maximum Gasteiger partial charge on any atom is 0.306 e. The lowest BCUT2D eigenvalue weighted by atomic mass is 10.1. The maximum absolute atomic E-state index is 12.7. The van der Waals surface area contributed by atoms with E-state index in [4.69, 9.17) is 14.2 Å². The molecule has 8 heteroatoms. The van der Waals surface area contributed by atoms with Gasteiger partial charge in [-0.25, -0.2) is 0 Å². The molecule has 0 amide bonds. The average molecular weight is 740 g/mol. The Morgan fingerprint density at radius 3 is 1.58 bits per heavy atom. The normalized spacial score (nSPS) is 13.9. The maximum atomic E-state index is 12.7. The van der Waals surface area contributed by atoms with Gasteiger partial charge in [-0.05, 0) is 51.4 Å². The van der Waals surface area contributed by atoms with Gasteiger partial charge in [0, 0.05) is 19.3 Å². The molecule has 0 radical (unpaired) electrons. The lowest BCUT2D eigenvalue weighted by molar-refractivity contribution is -0.889. The van der Waals surface area contributed by atoms with E-state index < -0.39 is 18.1 Å². The Balaban J connectivity index is 4.51. The lowest BCUT2D eigenvalue weighted by Gasteiger charge is -2.34. The Morgan fingerprint density at radius 1 is 0.566 bits per heavy atom. The smallest absolute Gasteiger partial charge is 0.306 e. The van der Waals surface area contributed by atoms with Crippen molar-refractivity contribution in [3.8, 4) is 0 Å². The zero-order valence-corrected chi connectivity index (χ0v) is 33.9. The molecule has 0 aromatic carbocycles. The number of ether oxygens (including phenoxy) is 3. The van der Waals surface area contributed by atoms with Crippen molar-refractivity contribution in [2.75, 3.05) is 41.0 Å². The van der Waals surface area contributed by atoms with Crippen LogP contribution in [0.25, 0.3) is 0 Å². The minimum Gasteiger partial charge on any atom is -0.544 e. The zero-order valence-electron chi connectivity index (χ0n) is 33.9. The van der Waals surface area contributed by atoms with Gasteiger partial charge in [-0.3, -0.25) is 9.59 Å². The molecule has 8 nitrogen and oxygen atoms in total. The zero-order chi connectivity index (χ0) is 39.3.